The Kier molecular flexibility index (Phi) is 4.86. The lowest BCUT2D eigenvalue weighted by Gasteiger charge is -2.41. The standard InChI is InChI=1S/C15H25N3O2/c1-15(16,18-8-6-17-7-9-18)11-12-10-13(19-2)4-5-14(12)20-3/h4-5,10,17H,6-9,11,16H2,1-3H3. The van der Waals surface area contributed by atoms with Gasteiger partial charge in [-0.15, -0.1) is 0 Å². The molecule has 0 aliphatic carbocycles. The van der Waals surface area contributed by atoms with Crippen LogP contribution in [0.4, 0.5) is 0 Å². The minimum absolute atomic E-state index is 0.387. The lowest BCUT2D eigenvalue weighted by molar-refractivity contribution is 0.0926. The van der Waals surface area contributed by atoms with Crippen LogP contribution >= 0.6 is 0 Å². The first-order valence-corrected chi connectivity index (χ1v) is 7.02. The van der Waals surface area contributed by atoms with E-state index in [1.165, 1.54) is 0 Å². The van der Waals surface area contributed by atoms with Gasteiger partial charge in [0, 0.05) is 38.2 Å². The topological polar surface area (TPSA) is 59.8 Å². The molecule has 1 aromatic rings. The van der Waals surface area contributed by atoms with Crippen molar-refractivity contribution in [1.29, 1.82) is 0 Å². The molecule has 1 unspecified atom stereocenters. The average Bonchev–Trinajstić information content (AvgIpc) is 2.47. The van der Waals surface area contributed by atoms with Crippen molar-refractivity contribution in [3.8, 4) is 11.5 Å². The highest BCUT2D eigenvalue weighted by Gasteiger charge is 2.29. The summed E-state index contributed by atoms with van der Waals surface area (Å²) in [6, 6.07) is 5.84. The van der Waals surface area contributed by atoms with Gasteiger partial charge in [-0.05, 0) is 25.1 Å². The highest BCUT2D eigenvalue weighted by Crippen LogP contribution is 2.28. The molecule has 0 bridgehead atoms. The third-order valence-electron chi connectivity index (χ3n) is 3.88. The highest BCUT2D eigenvalue weighted by molar-refractivity contribution is 5.41. The number of ether oxygens (including phenoxy) is 2. The first-order valence-electron chi connectivity index (χ1n) is 7.02. The maximum Gasteiger partial charge on any atom is 0.122 e. The molecule has 5 nitrogen and oxygen atoms in total. The maximum atomic E-state index is 6.54. The third-order valence-corrected chi connectivity index (χ3v) is 3.88. The summed E-state index contributed by atoms with van der Waals surface area (Å²) in [4.78, 5) is 2.32. The van der Waals surface area contributed by atoms with Gasteiger partial charge in [0.2, 0.25) is 0 Å². The molecule has 1 atom stereocenters. The first-order chi connectivity index (χ1) is 9.56. The number of nitrogens with one attached hydrogen (secondary N) is 1. The summed E-state index contributed by atoms with van der Waals surface area (Å²) < 4.78 is 10.7. The molecule has 1 aliphatic rings. The van der Waals surface area contributed by atoms with E-state index in [1.54, 1.807) is 14.2 Å². The van der Waals surface area contributed by atoms with Gasteiger partial charge in [-0.3, -0.25) is 4.90 Å². The fourth-order valence-corrected chi connectivity index (χ4v) is 2.69. The molecule has 0 spiro atoms. The highest BCUT2D eigenvalue weighted by atomic mass is 16.5. The summed E-state index contributed by atoms with van der Waals surface area (Å²) in [6.45, 7) is 6.00. The van der Waals surface area contributed by atoms with Crippen LogP contribution in [-0.2, 0) is 6.42 Å². The summed E-state index contributed by atoms with van der Waals surface area (Å²) in [7, 11) is 3.35. The molecule has 0 aromatic heterocycles. The van der Waals surface area contributed by atoms with Gasteiger partial charge in [0.15, 0.2) is 0 Å². The molecule has 2 rings (SSSR count). The number of benzene rings is 1. The summed E-state index contributed by atoms with van der Waals surface area (Å²) in [5.74, 6) is 1.69. The Balaban J connectivity index is 2.18. The van der Waals surface area contributed by atoms with Crippen molar-refractivity contribution in [2.24, 2.45) is 5.73 Å². The SMILES string of the molecule is COc1ccc(OC)c(CC(C)(N)N2CCNCC2)c1. The molecule has 1 fully saturated rings. The van der Waals surface area contributed by atoms with Crippen molar-refractivity contribution in [3.63, 3.8) is 0 Å². The smallest absolute Gasteiger partial charge is 0.122 e. The average molecular weight is 279 g/mol. The van der Waals surface area contributed by atoms with E-state index in [-0.39, 0.29) is 5.66 Å². The van der Waals surface area contributed by atoms with Crippen molar-refractivity contribution in [1.82, 2.24) is 10.2 Å². The summed E-state index contributed by atoms with van der Waals surface area (Å²) in [5, 5.41) is 3.35. The fourth-order valence-electron chi connectivity index (χ4n) is 2.69. The third kappa shape index (κ3) is 3.42. The molecule has 0 radical (unpaired) electrons. The van der Waals surface area contributed by atoms with E-state index in [0.29, 0.717) is 0 Å². The predicted molar refractivity (Wildman–Crippen MR) is 80.3 cm³/mol. The van der Waals surface area contributed by atoms with Crippen LogP contribution in [0.1, 0.15) is 12.5 Å². The van der Waals surface area contributed by atoms with Crippen molar-refractivity contribution < 1.29 is 9.47 Å². The lowest BCUT2D eigenvalue weighted by Crippen LogP contribution is -2.60. The molecule has 1 heterocycles. The van der Waals surface area contributed by atoms with Gasteiger partial charge in [-0.25, -0.2) is 0 Å². The monoisotopic (exact) mass is 279 g/mol. The molecule has 112 valence electrons. The molecular formula is C15H25N3O2. The zero-order valence-electron chi connectivity index (χ0n) is 12.6. The quantitative estimate of drug-likeness (QED) is 0.836. The first kappa shape index (κ1) is 15.1. The van der Waals surface area contributed by atoms with E-state index in [9.17, 15) is 0 Å². The van der Waals surface area contributed by atoms with Crippen LogP contribution in [0.3, 0.4) is 0 Å². The summed E-state index contributed by atoms with van der Waals surface area (Å²) >= 11 is 0. The van der Waals surface area contributed by atoms with Gasteiger partial charge in [0.25, 0.3) is 0 Å². The molecule has 5 heteroatoms. The van der Waals surface area contributed by atoms with Crippen LogP contribution in [0.2, 0.25) is 0 Å². The summed E-state index contributed by atoms with van der Waals surface area (Å²) in [5.41, 5.74) is 7.23. The minimum atomic E-state index is -0.387. The molecule has 3 N–H and O–H groups in total. The number of rotatable bonds is 5. The van der Waals surface area contributed by atoms with Crippen LogP contribution in [-0.4, -0.2) is 51.0 Å². The second-order valence-corrected chi connectivity index (χ2v) is 5.45. The number of nitrogens with zero attached hydrogens (tertiary/aromatic N) is 1. The number of piperazine rings is 1. The van der Waals surface area contributed by atoms with Gasteiger partial charge in [0.1, 0.15) is 11.5 Å². The Labute approximate surface area is 121 Å². The van der Waals surface area contributed by atoms with E-state index < -0.39 is 0 Å². The van der Waals surface area contributed by atoms with Crippen molar-refractivity contribution in [3.05, 3.63) is 23.8 Å². The van der Waals surface area contributed by atoms with Crippen LogP contribution < -0.4 is 20.5 Å². The van der Waals surface area contributed by atoms with Crippen molar-refractivity contribution in [2.75, 3.05) is 40.4 Å². The zero-order chi connectivity index (χ0) is 14.6. The van der Waals surface area contributed by atoms with Crippen LogP contribution in [0.5, 0.6) is 11.5 Å². The minimum Gasteiger partial charge on any atom is -0.497 e. The van der Waals surface area contributed by atoms with Gasteiger partial charge >= 0.3 is 0 Å². The van der Waals surface area contributed by atoms with Gasteiger partial charge in [-0.1, -0.05) is 0 Å². The Morgan fingerprint density at radius 1 is 1.25 bits per heavy atom. The summed E-state index contributed by atoms with van der Waals surface area (Å²) in [6.07, 6.45) is 0.730. The van der Waals surface area contributed by atoms with Crippen molar-refractivity contribution in [2.45, 2.75) is 19.0 Å². The van der Waals surface area contributed by atoms with E-state index in [1.807, 2.05) is 18.2 Å². The van der Waals surface area contributed by atoms with Crippen LogP contribution in [0, 0.1) is 0 Å². The number of hydrogen-bond donors (Lipinski definition) is 2. The molecule has 1 aromatic carbocycles. The lowest BCUT2D eigenvalue weighted by atomic mass is 9.98. The van der Waals surface area contributed by atoms with Crippen LogP contribution in [0.25, 0.3) is 0 Å². The molecule has 0 saturated carbocycles. The normalized spacial score (nSPS) is 19.4. The fraction of sp³-hybridized carbons (Fsp3) is 0.600. The molecular weight excluding hydrogens is 254 g/mol. The number of hydrogen-bond acceptors (Lipinski definition) is 5. The largest absolute Gasteiger partial charge is 0.497 e. The van der Waals surface area contributed by atoms with E-state index in [2.05, 4.69) is 17.1 Å². The van der Waals surface area contributed by atoms with Gasteiger partial charge in [-0.2, -0.15) is 0 Å². The predicted octanol–water partition coefficient (Wildman–Crippen LogP) is 0.826. The van der Waals surface area contributed by atoms with E-state index in [0.717, 1.165) is 49.7 Å². The molecule has 1 saturated heterocycles. The Morgan fingerprint density at radius 3 is 2.55 bits per heavy atom. The number of nitrogens with two attached hydrogens (primary N) is 1. The Morgan fingerprint density at radius 2 is 1.95 bits per heavy atom. The zero-order valence-corrected chi connectivity index (χ0v) is 12.6. The van der Waals surface area contributed by atoms with Crippen LogP contribution in [0.15, 0.2) is 18.2 Å². The van der Waals surface area contributed by atoms with Gasteiger partial charge < -0.3 is 20.5 Å². The molecule has 1 aliphatic heterocycles. The van der Waals surface area contributed by atoms with Crippen molar-refractivity contribution >= 4 is 0 Å². The Bertz CT molecular complexity index is 443. The molecule has 20 heavy (non-hydrogen) atoms. The van der Waals surface area contributed by atoms with Gasteiger partial charge in [0.05, 0.1) is 19.9 Å². The second kappa shape index (κ2) is 6.43. The Hall–Kier alpha value is -1.30. The molecule has 0 amide bonds. The second-order valence-electron chi connectivity index (χ2n) is 5.45. The van der Waals surface area contributed by atoms with E-state index in [4.69, 9.17) is 15.2 Å². The maximum absolute atomic E-state index is 6.54. The number of methoxy groups -OCH3 is 2. The van der Waals surface area contributed by atoms with E-state index >= 15 is 0 Å².